The van der Waals surface area contributed by atoms with Crippen LogP contribution in [0.4, 0.5) is 5.69 Å². The van der Waals surface area contributed by atoms with E-state index in [1.807, 2.05) is 37.2 Å². The van der Waals surface area contributed by atoms with Crippen molar-refractivity contribution >= 4 is 17.3 Å². The van der Waals surface area contributed by atoms with Gasteiger partial charge in [0.2, 0.25) is 0 Å². The number of nitriles is 3. The van der Waals surface area contributed by atoms with Crippen LogP contribution in [0.25, 0.3) is 11.6 Å². The van der Waals surface area contributed by atoms with Crippen molar-refractivity contribution in [1.82, 2.24) is 0 Å². The molecule has 1 rings (SSSR count). The average Bonchev–Trinajstić information content (AvgIpc) is 2.43. The number of hydrogen-bond donors (Lipinski definition) is 0. The molecule has 4 nitrogen and oxygen atoms in total. The van der Waals surface area contributed by atoms with E-state index in [9.17, 15) is 0 Å². The van der Waals surface area contributed by atoms with Gasteiger partial charge in [0.05, 0.1) is 5.57 Å². The fourth-order valence-electron chi connectivity index (χ4n) is 1.61. The lowest BCUT2D eigenvalue weighted by Crippen LogP contribution is -2.09. The van der Waals surface area contributed by atoms with Gasteiger partial charge in [-0.3, -0.25) is 0 Å². The van der Waals surface area contributed by atoms with Crippen LogP contribution < -0.4 is 4.90 Å². The molecule has 92 valence electrons. The molecule has 0 radical (unpaired) electrons. The van der Waals surface area contributed by atoms with Gasteiger partial charge >= 0.3 is 0 Å². The standard InChI is InChI=1S/C15H12N4/c1-4-11-7-13(19(2)3)5-6-14(11)15(10-18)12(8-16)9-17/h4-7H,1H2,2-3H3. The molecular formula is C15H12N4. The summed E-state index contributed by atoms with van der Waals surface area (Å²) in [4.78, 5) is 1.92. The van der Waals surface area contributed by atoms with Gasteiger partial charge in [-0.15, -0.1) is 0 Å². The number of rotatable bonds is 3. The number of anilines is 1. The summed E-state index contributed by atoms with van der Waals surface area (Å²) >= 11 is 0. The summed E-state index contributed by atoms with van der Waals surface area (Å²) in [6, 6.07) is 10.8. The third-order valence-electron chi connectivity index (χ3n) is 2.63. The second kappa shape index (κ2) is 6.05. The fourth-order valence-corrected chi connectivity index (χ4v) is 1.61. The highest BCUT2D eigenvalue weighted by Crippen LogP contribution is 2.26. The summed E-state index contributed by atoms with van der Waals surface area (Å²) in [7, 11) is 3.80. The van der Waals surface area contributed by atoms with Crippen molar-refractivity contribution in [1.29, 1.82) is 15.8 Å². The largest absolute Gasteiger partial charge is 0.378 e. The molecular weight excluding hydrogens is 236 g/mol. The van der Waals surface area contributed by atoms with E-state index < -0.39 is 0 Å². The lowest BCUT2D eigenvalue weighted by atomic mass is 9.96. The minimum absolute atomic E-state index is 0.0743. The highest BCUT2D eigenvalue weighted by atomic mass is 15.1. The normalized spacial score (nSPS) is 8.58. The first-order valence-corrected chi connectivity index (χ1v) is 5.47. The smallest absolute Gasteiger partial charge is 0.148 e. The Balaban J connectivity index is 3.58. The van der Waals surface area contributed by atoms with E-state index in [0.717, 1.165) is 5.69 Å². The topological polar surface area (TPSA) is 74.6 Å². The molecule has 0 spiro atoms. The van der Waals surface area contributed by atoms with Crippen LogP contribution in [0.3, 0.4) is 0 Å². The van der Waals surface area contributed by atoms with Crippen LogP contribution in [-0.2, 0) is 0 Å². The Morgan fingerprint density at radius 3 is 2.21 bits per heavy atom. The quantitative estimate of drug-likeness (QED) is 0.771. The molecule has 0 aliphatic heterocycles. The van der Waals surface area contributed by atoms with E-state index in [0.29, 0.717) is 11.1 Å². The van der Waals surface area contributed by atoms with Crippen molar-refractivity contribution in [3.8, 4) is 18.2 Å². The molecule has 1 aromatic carbocycles. The summed E-state index contributed by atoms with van der Waals surface area (Å²) in [5.74, 6) is 0. The van der Waals surface area contributed by atoms with Gasteiger partial charge in [0.15, 0.2) is 0 Å². The predicted molar refractivity (Wildman–Crippen MR) is 74.6 cm³/mol. The molecule has 1 aromatic rings. The van der Waals surface area contributed by atoms with E-state index in [1.165, 1.54) is 0 Å². The molecule has 0 aliphatic carbocycles. The molecule has 0 amide bonds. The first-order chi connectivity index (χ1) is 9.08. The van der Waals surface area contributed by atoms with Crippen molar-refractivity contribution in [2.75, 3.05) is 19.0 Å². The van der Waals surface area contributed by atoms with Crippen LogP contribution in [0.15, 0.2) is 30.4 Å². The average molecular weight is 248 g/mol. The number of nitrogens with zero attached hydrogens (tertiary/aromatic N) is 4. The zero-order chi connectivity index (χ0) is 14.4. The first-order valence-electron chi connectivity index (χ1n) is 5.47. The lowest BCUT2D eigenvalue weighted by Gasteiger charge is -2.15. The maximum atomic E-state index is 9.16. The first kappa shape index (κ1) is 14.0. The SMILES string of the molecule is C=Cc1cc(N(C)C)ccc1C(C#N)=C(C#N)C#N. The molecule has 0 heterocycles. The maximum absolute atomic E-state index is 9.16. The number of hydrogen-bond acceptors (Lipinski definition) is 4. The summed E-state index contributed by atoms with van der Waals surface area (Å²) in [5, 5.41) is 26.9. The molecule has 0 bridgehead atoms. The molecule has 0 fully saturated rings. The fraction of sp³-hybridized carbons (Fsp3) is 0.133. The molecule has 0 saturated carbocycles. The number of benzene rings is 1. The van der Waals surface area contributed by atoms with Crippen LogP contribution in [0, 0.1) is 34.0 Å². The zero-order valence-electron chi connectivity index (χ0n) is 10.8. The van der Waals surface area contributed by atoms with Crippen LogP contribution in [-0.4, -0.2) is 14.1 Å². The Morgan fingerprint density at radius 2 is 1.79 bits per heavy atom. The second-order valence-electron chi connectivity index (χ2n) is 3.96. The van der Waals surface area contributed by atoms with Crippen molar-refractivity contribution in [2.24, 2.45) is 0 Å². The lowest BCUT2D eigenvalue weighted by molar-refractivity contribution is 1.13. The Hall–Kier alpha value is -3.03. The van der Waals surface area contributed by atoms with E-state index in [-0.39, 0.29) is 11.1 Å². The molecule has 0 aliphatic rings. The molecule has 19 heavy (non-hydrogen) atoms. The minimum atomic E-state index is -0.191. The number of allylic oxidation sites excluding steroid dienone is 2. The monoisotopic (exact) mass is 248 g/mol. The predicted octanol–water partition coefficient (Wildman–Crippen LogP) is 2.72. The summed E-state index contributed by atoms with van der Waals surface area (Å²) in [6.45, 7) is 3.70. The summed E-state index contributed by atoms with van der Waals surface area (Å²) < 4.78 is 0. The Labute approximate surface area is 112 Å². The zero-order valence-corrected chi connectivity index (χ0v) is 10.8. The summed E-state index contributed by atoms with van der Waals surface area (Å²) in [6.07, 6.45) is 1.60. The van der Waals surface area contributed by atoms with Gasteiger partial charge in [-0.05, 0) is 17.7 Å². The van der Waals surface area contributed by atoms with Gasteiger partial charge in [0.25, 0.3) is 0 Å². The van der Waals surface area contributed by atoms with E-state index in [1.54, 1.807) is 24.3 Å². The Morgan fingerprint density at radius 1 is 1.16 bits per heavy atom. The maximum Gasteiger partial charge on any atom is 0.148 e. The highest BCUT2D eigenvalue weighted by molar-refractivity contribution is 5.88. The molecule has 0 aromatic heterocycles. The Bertz CT molecular complexity index is 645. The summed E-state index contributed by atoms with van der Waals surface area (Å²) in [5.41, 5.74) is 2.09. The molecule has 4 heteroatoms. The third kappa shape index (κ3) is 2.80. The highest BCUT2D eigenvalue weighted by Gasteiger charge is 2.12. The van der Waals surface area contributed by atoms with Crippen LogP contribution >= 0.6 is 0 Å². The minimum Gasteiger partial charge on any atom is -0.378 e. The van der Waals surface area contributed by atoms with E-state index >= 15 is 0 Å². The van der Waals surface area contributed by atoms with Gasteiger partial charge in [-0.2, -0.15) is 15.8 Å². The van der Waals surface area contributed by atoms with Crippen molar-refractivity contribution in [3.63, 3.8) is 0 Å². The second-order valence-corrected chi connectivity index (χ2v) is 3.96. The van der Waals surface area contributed by atoms with Crippen LogP contribution in [0.5, 0.6) is 0 Å². The van der Waals surface area contributed by atoms with Gasteiger partial charge in [0.1, 0.15) is 23.8 Å². The van der Waals surface area contributed by atoms with Crippen molar-refractivity contribution < 1.29 is 0 Å². The van der Waals surface area contributed by atoms with Gasteiger partial charge in [0, 0.05) is 25.3 Å². The molecule has 0 unspecified atom stereocenters. The third-order valence-corrected chi connectivity index (χ3v) is 2.63. The van der Waals surface area contributed by atoms with Crippen LogP contribution in [0.2, 0.25) is 0 Å². The van der Waals surface area contributed by atoms with E-state index in [4.69, 9.17) is 15.8 Å². The molecule has 0 atom stereocenters. The molecule has 0 saturated heterocycles. The van der Waals surface area contributed by atoms with Gasteiger partial charge in [-0.1, -0.05) is 18.7 Å². The Kier molecular flexibility index (Phi) is 4.47. The van der Waals surface area contributed by atoms with Gasteiger partial charge in [-0.25, -0.2) is 0 Å². The molecule has 0 N–H and O–H groups in total. The van der Waals surface area contributed by atoms with Crippen LogP contribution in [0.1, 0.15) is 11.1 Å². The van der Waals surface area contributed by atoms with Gasteiger partial charge < -0.3 is 4.90 Å². The van der Waals surface area contributed by atoms with E-state index in [2.05, 4.69) is 6.58 Å². The van der Waals surface area contributed by atoms with Crippen molar-refractivity contribution in [3.05, 3.63) is 41.5 Å². The van der Waals surface area contributed by atoms with Crippen molar-refractivity contribution in [2.45, 2.75) is 0 Å².